The van der Waals surface area contributed by atoms with Crippen LogP contribution in [0.5, 0.6) is 0 Å². The second-order valence-electron chi connectivity index (χ2n) is 4.40. The van der Waals surface area contributed by atoms with Gasteiger partial charge in [0.15, 0.2) is 5.43 Å². The normalized spacial score (nSPS) is 16.6. The third-order valence-corrected chi connectivity index (χ3v) is 4.37. The van der Waals surface area contributed by atoms with Gasteiger partial charge in [-0.15, -0.1) is 11.8 Å². The van der Waals surface area contributed by atoms with Crippen molar-refractivity contribution in [1.82, 2.24) is 4.98 Å². The Hall–Kier alpha value is -2.01. The average molecular weight is 273 g/mol. The molecule has 1 unspecified atom stereocenters. The Morgan fingerprint density at radius 3 is 2.84 bits per heavy atom. The Morgan fingerprint density at radius 2 is 2.11 bits per heavy atom. The molecular formula is C14H11NO3S. The van der Waals surface area contributed by atoms with Gasteiger partial charge in [0.2, 0.25) is 0 Å². The Kier molecular flexibility index (Phi) is 2.71. The fourth-order valence-electron chi connectivity index (χ4n) is 2.33. The van der Waals surface area contributed by atoms with Crippen molar-refractivity contribution < 1.29 is 9.90 Å². The lowest BCUT2D eigenvalue weighted by molar-refractivity contribution is 0.0690. The van der Waals surface area contributed by atoms with Crippen LogP contribution in [0.3, 0.4) is 0 Å². The highest BCUT2D eigenvalue weighted by atomic mass is 32.2. The van der Waals surface area contributed by atoms with E-state index in [1.54, 1.807) is 11.8 Å². The second kappa shape index (κ2) is 4.28. The molecule has 1 aromatic carbocycles. The maximum absolute atomic E-state index is 12.1. The SMILES string of the molecule is CC1Sc2ccccc2-c2[nH]c(C(=O)O)cc(=O)c21. The maximum Gasteiger partial charge on any atom is 0.352 e. The minimum atomic E-state index is -1.12. The van der Waals surface area contributed by atoms with Crippen molar-refractivity contribution >= 4 is 17.7 Å². The second-order valence-corrected chi connectivity index (χ2v) is 5.78. The molecule has 0 bridgehead atoms. The van der Waals surface area contributed by atoms with Crippen LogP contribution in [-0.4, -0.2) is 16.1 Å². The molecule has 0 amide bonds. The molecule has 0 saturated heterocycles. The molecule has 0 fully saturated rings. The Balaban J connectivity index is 2.36. The number of aromatic nitrogens is 1. The predicted octanol–water partition coefficient (Wildman–Crippen LogP) is 2.91. The molecule has 4 nitrogen and oxygen atoms in total. The van der Waals surface area contributed by atoms with E-state index in [9.17, 15) is 9.59 Å². The zero-order chi connectivity index (χ0) is 13.6. The van der Waals surface area contributed by atoms with Crippen LogP contribution in [0.25, 0.3) is 11.3 Å². The van der Waals surface area contributed by atoms with Crippen molar-refractivity contribution in [3.63, 3.8) is 0 Å². The first kappa shape index (κ1) is 12.0. The lowest BCUT2D eigenvalue weighted by Gasteiger charge is -2.23. The molecule has 0 radical (unpaired) electrons. The van der Waals surface area contributed by atoms with E-state index < -0.39 is 5.97 Å². The molecule has 1 aliphatic rings. The summed E-state index contributed by atoms with van der Waals surface area (Å²) in [4.78, 5) is 27.1. The van der Waals surface area contributed by atoms with Gasteiger partial charge in [0.25, 0.3) is 0 Å². The van der Waals surface area contributed by atoms with Gasteiger partial charge in [-0.05, 0) is 13.0 Å². The third kappa shape index (κ3) is 1.86. The Labute approximate surface area is 113 Å². The molecular weight excluding hydrogens is 262 g/mol. The molecule has 2 aromatic rings. The van der Waals surface area contributed by atoms with Crippen LogP contribution in [0.2, 0.25) is 0 Å². The number of pyridine rings is 1. The van der Waals surface area contributed by atoms with Crippen LogP contribution < -0.4 is 5.43 Å². The number of H-pyrrole nitrogens is 1. The van der Waals surface area contributed by atoms with Crippen LogP contribution in [0.15, 0.2) is 40.0 Å². The van der Waals surface area contributed by atoms with Gasteiger partial charge in [0.1, 0.15) is 5.69 Å². The molecule has 1 aromatic heterocycles. The number of nitrogens with one attached hydrogen (secondary N) is 1. The zero-order valence-electron chi connectivity index (χ0n) is 10.1. The van der Waals surface area contributed by atoms with Crippen molar-refractivity contribution in [2.75, 3.05) is 0 Å². The highest BCUT2D eigenvalue weighted by Crippen LogP contribution is 2.46. The molecule has 3 rings (SSSR count). The number of fused-ring (bicyclic) bond motifs is 3. The van der Waals surface area contributed by atoms with Gasteiger partial charge in [0.05, 0.1) is 5.69 Å². The Morgan fingerprint density at radius 1 is 1.37 bits per heavy atom. The van der Waals surface area contributed by atoms with Gasteiger partial charge < -0.3 is 10.1 Å². The number of carbonyl (C=O) groups is 1. The predicted molar refractivity (Wildman–Crippen MR) is 73.7 cm³/mol. The van der Waals surface area contributed by atoms with Crippen LogP contribution in [-0.2, 0) is 0 Å². The zero-order valence-corrected chi connectivity index (χ0v) is 11.0. The number of benzene rings is 1. The first-order chi connectivity index (χ1) is 9.08. The summed E-state index contributed by atoms with van der Waals surface area (Å²) in [5.74, 6) is -1.12. The highest BCUT2D eigenvalue weighted by Gasteiger charge is 2.26. The van der Waals surface area contributed by atoms with Crippen LogP contribution in [0.1, 0.15) is 28.2 Å². The van der Waals surface area contributed by atoms with Crippen molar-refractivity contribution in [3.8, 4) is 11.3 Å². The lowest BCUT2D eigenvalue weighted by Crippen LogP contribution is -2.19. The van der Waals surface area contributed by atoms with Crippen molar-refractivity contribution in [1.29, 1.82) is 0 Å². The number of hydrogen-bond donors (Lipinski definition) is 2. The number of rotatable bonds is 1. The summed E-state index contributed by atoms with van der Waals surface area (Å²) in [6, 6.07) is 8.85. The molecule has 5 heteroatoms. The van der Waals surface area contributed by atoms with Gasteiger partial charge in [-0.2, -0.15) is 0 Å². The molecule has 1 aliphatic heterocycles. The monoisotopic (exact) mass is 273 g/mol. The van der Waals surface area contributed by atoms with E-state index in [2.05, 4.69) is 4.98 Å². The highest BCUT2D eigenvalue weighted by molar-refractivity contribution is 7.99. The molecule has 1 atom stereocenters. The molecule has 0 saturated carbocycles. The first-order valence-electron chi connectivity index (χ1n) is 5.84. The quantitative estimate of drug-likeness (QED) is 0.838. The molecule has 96 valence electrons. The van der Waals surface area contributed by atoms with Gasteiger partial charge in [-0.25, -0.2) is 4.79 Å². The summed E-state index contributed by atoms with van der Waals surface area (Å²) in [5, 5.41) is 9.06. The number of carboxylic acid groups (broad SMARTS) is 1. The van der Waals surface area contributed by atoms with Crippen LogP contribution in [0.4, 0.5) is 0 Å². The third-order valence-electron chi connectivity index (χ3n) is 3.17. The van der Waals surface area contributed by atoms with E-state index in [0.717, 1.165) is 16.5 Å². The smallest absolute Gasteiger partial charge is 0.352 e. The first-order valence-corrected chi connectivity index (χ1v) is 6.72. The fraction of sp³-hybridized carbons (Fsp3) is 0.143. The number of hydrogen-bond acceptors (Lipinski definition) is 3. The summed E-state index contributed by atoms with van der Waals surface area (Å²) in [7, 11) is 0. The van der Waals surface area contributed by atoms with E-state index >= 15 is 0 Å². The van der Waals surface area contributed by atoms with E-state index in [1.807, 2.05) is 31.2 Å². The van der Waals surface area contributed by atoms with Crippen molar-refractivity contribution in [2.45, 2.75) is 17.1 Å². The summed E-state index contributed by atoms with van der Waals surface area (Å²) in [5.41, 5.74) is 1.87. The molecule has 0 spiro atoms. The lowest BCUT2D eigenvalue weighted by atomic mass is 10.0. The van der Waals surface area contributed by atoms with E-state index in [1.165, 1.54) is 0 Å². The molecule has 2 N–H and O–H groups in total. The standard InChI is InChI=1S/C14H11NO3S/c1-7-12-10(16)6-9(14(17)18)15-13(12)8-4-2-3-5-11(8)19-7/h2-7H,1H3,(H,15,16)(H,17,18). The average Bonchev–Trinajstić information content (AvgIpc) is 2.38. The van der Waals surface area contributed by atoms with E-state index in [-0.39, 0.29) is 16.4 Å². The topological polar surface area (TPSA) is 70.2 Å². The van der Waals surface area contributed by atoms with Gasteiger partial charge in [-0.1, -0.05) is 18.2 Å². The van der Waals surface area contributed by atoms with E-state index in [4.69, 9.17) is 5.11 Å². The number of aromatic carboxylic acids is 1. The fourth-order valence-corrected chi connectivity index (χ4v) is 3.51. The molecule has 2 heterocycles. The summed E-state index contributed by atoms with van der Waals surface area (Å²) in [6.45, 7) is 1.95. The number of carboxylic acids is 1. The molecule has 0 aliphatic carbocycles. The number of thioether (sulfide) groups is 1. The van der Waals surface area contributed by atoms with E-state index in [0.29, 0.717) is 11.3 Å². The van der Waals surface area contributed by atoms with Crippen molar-refractivity contribution in [3.05, 3.63) is 51.8 Å². The van der Waals surface area contributed by atoms with Crippen molar-refractivity contribution in [2.24, 2.45) is 0 Å². The maximum atomic E-state index is 12.1. The number of aromatic amines is 1. The minimum Gasteiger partial charge on any atom is -0.477 e. The van der Waals surface area contributed by atoms with Gasteiger partial charge in [0, 0.05) is 27.3 Å². The van der Waals surface area contributed by atoms with Crippen LogP contribution >= 0.6 is 11.8 Å². The van der Waals surface area contributed by atoms with Crippen LogP contribution in [0, 0.1) is 0 Å². The summed E-state index contributed by atoms with van der Waals surface area (Å²) in [6.07, 6.45) is 0. The summed E-state index contributed by atoms with van der Waals surface area (Å²) < 4.78 is 0. The van der Waals surface area contributed by atoms with Gasteiger partial charge >= 0.3 is 5.97 Å². The summed E-state index contributed by atoms with van der Waals surface area (Å²) >= 11 is 1.62. The minimum absolute atomic E-state index is 0.0106. The molecule has 19 heavy (non-hydrogen) atoms. The largest absolute Gasteiger partial charge is 0.477 e. The van der Waals surface area contributed by atoms with Gasteiger partial charge in [-0.3, -0.25) is 4.79 Å². The Bertz CT molecular complexity index is 736.